The summed E-state index contributed by atoms with van der Waals surface area (Å²) >= 11 is 0. The number of aryl methyl sites for hydroxylation is 1. The highest BCUT2D eigenvalue weighted by Gasteiger charge is 2.41. The van der Waals surface area contributed by atoms with Gasteiger partial charge < -0.3 is 10.1 Å². The van der Waals surface area contributed by atoms with Crippen molar-refractivity contribution in [1.82, 2.24) is 0 Å². The lowest BCUT2D eigenvalue weighted by molar-refractivity contribution is -0.125. The van der Waals surface area contributed by atoms with Gasteiger partial charge in [-0.2, -0.15) is 0 Å². The zero-order valence-corrected chi connectivity index (χ0v) is 13.8. The molecule has 0 unspecified atom stereocenters. The van der Waals surface area contributed by atoms with E-state index in [9.17, 15) is 4.79 Å². The molecule has 1 saturated heterocycles. The van der Waals surface area contributed by atoms with Crippen LogP contribution in [-0.2, 0) is 14.9 Å². The van der Waals surface area contributed by atoms with Crippen molar-refractivity contribution in [1.29, 1.82) is 0 Å². The van der Waals surface area contributed by atoms with Gasteiger partial charge in [0.2, 0.25) is 5.91 Å². The first-order chi connectivity index (χ1) is 11.1. The van der Waals surface area contributed by atoms with Crippen LogP contribution in [0.1, 0.15) is 29.5 Å². The molecule has 120 valence electrons. The molecule has 1 fully saturated rings. The van der Waals surface area contributed by atoms with Crippen LogP contribution in [0.4, 0.5) is 5.69 Å². The van der Waals surface area contributed by atoms with Gasteiger partial charge >= 0.3 is 0 Å². The summed E-state index contributed by atoms with van der Waals surface area (Å²) in [6.45, 7) is 5.35. The van der Waals surface area contributed by atoms with Crippen molar-refractivity contribution in [2.45, 2.75) is 32.1 Å². The Kier molecular flexibility index (Phi) is 4.49. The zero-order chi connectivity index (χ0) is 16.3. The highest BCUT2D eigenvalue weighted by Crippen LogP contribution is 2.36. The van der Waals surface area contributed by atoms with Crippen LogP contribution >= 0.6 is 0 Å². The fourth-order valence-electron chi connectivity index (χ4n) is 3.25. The van der Waals surface area contributed by atoms with Gasteiger partial charge in [0.15, 0.2) is 0 Å². The minimum absolute atomic E-state index is 0.0701. The summed E-state index contributed by atoms with van der Waals surface area (Å²) in [6.07, 6.45) is 1.43. The number of rotatable bonds is 3. The molecule has 0 aromatic heterocycles. The van der Waals surface area contributed by atoms with Gasteiger partial charge in [-0.3, -0.25) is 4.79 Å². The maximum atomic E-state index is 13.2. The van der Waals surface area contributed by atoms with Crippen LogP contribution in [0.5, 0.6) is 0 Å². The van der Waals surface area contributed by atoms with Crippen molar-refractivity contribution in [3.05, 3.63) is 65.2 Å². The normalized spacial score (nSPS) is 16.8. The lowest BCUT2D eigenvalue weighted by atomic mass is 9.73. The predicted molar refractivity (Wildman–Crippen MR) is 92.7 cm³/mol. The second-order valence-electron chi connectivity index (χ2n) is 6.26. The third-order valence-electron chi connectivity index (χ3n) is 4.96. The summed E-state index contributed by atoms with van der Waals surface area (Å²) in [4.78, 5) is 13.2. The van der Waals surface area contributed by atoms with Gasteiger partial charge in [-0.1, -0.05) is 42.5 Å². The van der Waals surface area contributed by atoms with E-state index in [1.807, 2.05) is 49.4 Å². The Hall–Kier alpha value is -2.13. The molecule has 3 nitrogen and oxygen atoms in total. The molecule has 2 aromatic rings. The quantitative estimate of drug-likeness (QED) is 0.931. The standard InChI is InChI=1S/C20H23NO2/c1-15-7-6-10-18(16(15)2)21-19(22)20(11-13-23-14-12-20)17-8-4-3-5-9-17/h3-10H,11-14H2,1-2H3,(H,21,22). The van der Waals surface area contributed by atoms with Crippen LogP contribution in [0, 0.1) is 13.8 Å². The van der Waals surface area contributed by atoms with Gasteiger partial charge in [0.1, 0.15) is 0 Å². The van der Waals surface area contributed by atoms with Crippen molar-refractivity contribution in [2.75, 3.05) is 18.5 Å². The molecule has 0 bridgehead atoms. The third kappa shape index (κ3) is 3.02. The molecule has 2 aromatic carbocycles. The minimum Gasteiger partial charge on any atom is -0.381 e. The Labute approximate surface area is 137 Å². The molecule has 1 amide bonds. The van der Waals surface area contributed by atoms with Gasteiger partial charge in [0.25, 0.3) is 0 Å². The van der Waals surface area contributed by atoms with Crippen molar-refractivity contribution in [2.24, 2.45) is 0 Å². The van der Waals surface area contributed by atoms with Gasteiger partial charge in [-0.05, 0) is 49.4 Å². The van der Waals surface area contributed by atoms with Crippen LogP contribution in [0.25, 0.3) is 0 Å². The van der Waals surface area contributed by atoms with Crippen molar-refractivity contribution in [3.63, 3.8) is 0 Å². The number of hydrogen-bond donors (Lipinski definition) is 1. The van der Waals surface area contributed by atoms with E-state index in [0.717, 1.165) is 16.8 Å². The van der Waals surface area contributed by atoms with E-state index in [0.29, 0.717) is 26.1 Å². The molecule has 23 heavy (non-hydrogen) atoms. The average molecular weight is 309 g/mol. The largest absolute Gasteiger partial charge is 0.381 e. The molecule has 1 aliphatic rings. The lowest BCUT2D eigenvalue weighted by Gasteiger charge is -2.36. The molecule has 1 N–H and O–H groups in total. The molecule has 3 heteroatoms. The molecule has 1 aliphatic heterocycles. The van der Waals surface area contributed by atoms with Gasteiger partial charge in [-0.15, -0.1) is 0 Å². The van der Waals surface area contributed by atoms with Crippen molar-refractivity contribution < 1.29 is 9.53 Å². The maximum Gasteiger partial charge on any atom is 0.235 e. The molecule has 0 aliphatic carbocycles. The topological polar surface area (TPSA) is 38.3 Å². The Balaban J connectivity index is 1.94. The number of anilines is 1. The summed E-state index contributed by atoms with van der Waals surface area (Å²) < 4.78 is 5.51. The monoisotopic (exact) mass is 309 g/mol. The Morgan fingerprint density at radius 3 is 2.39 bits per heavy atom. The Bertz CT molecular complexity index is 688. The average Bonchev–Trinajstić information content (AvgIpc) is 2.60. The molecule has 3 rings (SSSR count). The molecule has 0 spiro atoms. The Morgan fingerprint density at radius 1 is 1.00 bits per heavy atom. The van der Waals surface area contributed by atoms with E-state index in [2.05, 4.69) is 18.3 Å². The minimum atomic E-state index is -0.504. The number of carbonyl (C=O) groups excluding carboxylic acids is 1. The number of nitrogens with one attached hydrogen (secondary N) is 1. The van der Waals surface area contributed by atoms with Gasteiger partial charge in [-0.25, -0.2) is 0 Å². The number of amides is 1. The second kappa shape index (κ2) is 6.55. The maximum absolute atomic E-state index is 13.2. The first-order valence-electron chi connectivity index (χ1n) is 8.14. The highest BCUT2D eigenvalue weighted by atomic mass is 16.5. The summed E-state index contributed by atoms with van der Waals surface area (Å²) in [7, 11) is 0. The van der Waals surface area contributed by atoms with E-state index < -0.39 is 5.41 Å². The van der Waals surface area contributed by atoms with E-state index in [-0.39, 0.29) is 5.91 Å². The molecule has 0 radical (unpaired) electrons. The number of carbonyl (C=O) groups is 1. The lowest BCUT2D eigenvalue weighted by Crippen LogP contribution is -2.44. The number of hydrogen-bond acceptors (Lipinski definition) is 2. The molecule has 1 heterocycles. The third-order valence-corrected chi connectivity index (χ3v) is 4.96. The summed E-state index contributed by atoms with van der Waals surface area (Å²) in [5, 5.41) is 3.17. The Morgan fingerprint density at radius 2 is 1.70 bits per heavy atom. The summed E-state index contributed by atoms with van der Waals surface area (Å²) in [5.41, 5.74) is 3.78. The van der Waals surface area contributed by atoms with Crippen LogP contribution in [0.2, 0.25) is 0 Å². The van der Waals surface area contributed by atoms with Crippen molar-refractivity contribution in [3.8, 4) is 0 Å². The van der Waals surface area contributed by atoms with Gasteiger partial charge in [0, 0.05) is 18.9 Å². The SMILES string of the molecule is Cc1cccc(NC(=O)C2(c3ccccc3)CCOCC2)c1C. The molecule has 0 saturated carbocycles. The van der Waals surface area contributed by atoms with Crippen LogP contribution in [0.15, 0.2) is 48.5 Å². The van der Waals surface area contributed by atoms with Gasteiger partial charge in [0.05, 0.1) is 5.41 Å². The summed E-state index contributed by atoms with van der Waals surface area (Å²) in [5.74, 6) is 0.0701. The zero-order valence-electron chi connectivity index (χ0n) is 13.8. The van der Waals surface area contributed by atoms with E-state index in [1.165, 1.54) is 5.56 Å². The fraction of sp³-hybridized carbons (Fsp3) is 0.350. The number of ether oxygens (including phenoxy) is 1. The second-order valence-corrected chi connectivity index (χ2v) is 6.26. The molecular formula is C20H23NO2. The van der Waals surface area contributed by atoms with Crippen LogP contribution in [0.3, 0.4) is 0 Å². The highest BCUT2D eigenvalue weighted by molar-refractivity contribution is 5.99. The smallest absolute Gasteiger partial charge is 0.235 e. The summed E-state index contributed by atoms with van der Waals surface area (Å²) in [6, 6.07) is 16.1. The number of benzene rings is 2. The van der Waals surface area contributed by atoms with Crippen molar-refractivity contribution >= 4 is 11.6 Å². The predicted octanol–water partition coefficient (Wildman–Crippen LogP) is 3.99. The van der Waals surface area contributed by atoms with Crippen LogP contribution < -0.4 is 5.32 Å². The fourth-order valence-corrected chi connectivity index (χ4v) is 3.25. The first-order valence-corrected chi connectivity index (χ1v) is 8.14. The van der Waals surface area contributed by atoms with E-state index in [1.54, 1.807) is 0 Å². The van der Waals surface area contributed by atoms with E-state index >= 15 is 0 Å². The molecular weight excluding hydrogens is 286 g/mol. The van der Waals surface area contributed by atoms with Crippen LogP contribution in [-0.4, -0.2) is 19.1 Å². The molecule has 0 atom stereocenters. The first kappa shape index (κ1) is 15.8. The van der Waals surface area contributed by atoms with E-state index in [4.69, 9.17) is 4.74 Å².